The van der Waals surface area contributed by atoms with E-state index in [4.69, 9.17) is 4.74 Å². The van der Waals surface area contributed by atoms with Crippen LogP contribution in [-0.2, 0) is 9.53 Å². The molecule has 0 heterocycles. The zero-order valence-corrected chi connectivity index (χ0v) is 8.04. The molecule has 0 aromatic heterocycles. The van der Waals surface area contributed by atoms with E-state index in [1.807, 2.05) is 24.3 Å². The lowest BCUT2D eigenvalue weighted by molar-refractivity contribution is -0.116. The lowest BCUT2D eigenvalue weighted by Crippen LogP contribution is -1.92. The van der Waals surface area contributed by atoms with Crippen LogP contribution in [0.15, 0.2) is 35.6 Å². The molecule has 1 rings (SSSR count). The highest BCUT2D eigenvalue weighted by atomic mass is 16.5. The van der Waals surface area contributed by atoms with E-state index < -0.39 is 0 Å². The Balaban J connectivity index is 2.69. The third kappa shape index (κ3) is 3.28. The van der Waals surface area contributed by atoms with Crippen molar-refractivity contribution in [3.63, 3.8) is 0 Å². The number of carbonyl (C=O) groups is 1. The average molecular weight is 178 g/mol. The van der Waals surface area contributed by atoms with Crippen LogP contribution >= 0.6 is 0 Å². The molecule has 0 unspecified atom stereocenters. The lowest BCUT2D eigenvalue weighted by atomic mass is 10.1. The number of Topliss-reactive ketones (excluding diaryl/α,β-unsaturated/α-hetero) is 1. The summed E-state index contributed by atoms with van der Waals surface area (Å²) < 4.78 is 5.07. The van der Waals surface area contributed by atoms with E-state index in [2.05, 4.69) is 0 Å². The van der Waals surface area contributed by atoms with Gasteiger partial charge in [0.2, 0.25) is 0 Å². The predicted molar refractivity (Wildman–Crippen MR) is 52.2 cm³/mol. The van der Waals surface area contributed by atoms with Gasteiger partial charge in [-0.25, -0.2) is 0 Å². The van der Waals surface area contributed by atoms with Crippen molar-refractivity contribution in [2.24, 2.45) is 0 Å². The van der Waals surface area contributed by atoms with E-state index in [9.17, 15) is 4.79 Å². The Morgan fingerprint density at radius 3 is 2.92 bits per heavy atom. The van der Waals surface area contributed by atoms with E-state index in [-0.39, 0.29) is 5.78 Å². The summed E-state index contributed by atoms with van der Waals surface area (Å²) in [4.78, 5) is 10.9. The van der Waals surface area contributed by atoms with Gasteiger partial charge in [-0.3, -0.25) is 4.79 Å². The van der Waals surface area contributed by atoms with Crippen molar-refractivity contribution in [1.29, 1.82) is 0 Å². The Bertz CT molecular complexity index is 282. The summed E-state index contributed by atoms with van der Waals surface area (Å²) >= 11 is 0. The molecule has 0 aromatic rings. The number of ether oxygens (including phenoxy) is 1. The third-order valence-electron chi connectivity index (χ3n) is 1.86. The molecule has 0 aliphatic heterocycles. The van der Waals surface area contributed by atoms with Crippen molar-refractivity contribution in [3.05, 3.63) is 35.6 Å². The molecule has 0 spiro atoms. The SMILES string of the molecule is COC1=CC=C(CC(C)=O)CC=C1. The molecule has 0 atom stereocenters. The van der Waals surface area contributed by atoms with Crippen LogP contribution in [0.5, 0.6) is 0 Å². The summed E-state index contributed by atoms with van der Waals surface area (Å²) in [5.41, 5.74) is 1.14. The van der Waals surface area contributed by atoms with Gasteiger partial charge in [0.15, 0.2) is 0 Å². The van der Waals surface area contributed by atoms with Gasteiger partial charge in [-0.15, -0.1) is 0 Å². The van der Waals surface area contributed by atoms with Gasteiger partial charge in [0, 0.05) is 6.42 Å². The van der Waals surface area contributed by atoms with Gasteiger partial charge in [0.25, 0.3) is 0 Å². The second-order valence-corrected chi connectivity index (χ2v) is 3.08. The Morgan fingerprint density at radius 2 is 2.31 bits per heavy atom. The molecular formula is C11H14O2. The first-order chi connectivity index (χ1) is 6.22. The molecule has 2 heteroatoms. The topological polar surface area (TPSA) is 26.3 Å². The Hall–Kier alpha value is -1.31. The number of methoxy groups -OCH3 is 1. The zero-order chi connectivity index (χ0) is 9.68. The van der Waals surface area contributed by atoms with Crippen molar-refractivity contribution in [2.45, 2.75) is 19.8 Å². The number of allylic oxidation sites excluding steroid dienone is 5. The Labute approximate surface area is 78.6 Å². The smallest absolute Gasteiger partial charge is 0.133 e. The van der Waals surface area contributed by atoms with Gasteiger partial charge in [-0.05, 0) is 25.5 Å². The van der Waals surface area contributed by atoms with Gasteiger partial charge in [-0.1, -0.05) is 17.7 Å². The van der Waals surface area contributed by atoms with Gasteiger partial charge < -0.3 is 4.74 Å². The van der Waals surface area contributed by atoms with Crippen LogP contribution in [0.3, 0.4) is 0 Å². The fraction of sp³-hybridized carbons (Fsp3) is 0.364. The highest BCUT2D eigenvalue weighted by molar-refractivity contribution is 5.78. The molecule has 0 fully saturated rings. The lowest BCUT2D eigenvalue weighted by Gasteiger charge is -1.97. The maximum absolute atomic E-state index is 10.9. The van der Waals surface area contributed by atoms with Gasteiger partial charge in [0.1, 0.15) is 11.5 Å². The molecule has 0 radical (unpaired) electrons. The molecule has 1 aliphatic carbocycles. The quantitative estimate of drug-likeness (QED) is 0.663. The number of hydrogen-bond acceptors (Lipinski definition) is 2. The first-order valence-electron chi connectivity index (χ1n) is 4.32. The Morgan fingerprint density at radius 1 is 1.54 bits per heavy atom. The van der Waals surface area contributed by atoms with E-state index in [0.717, 1.165) is 17.8 Å². The minimum absolute atomic E-state index is 0.203. The van der Waals surface area contributed by atoms with E-state index >= 15 is 0 Å². The first kappa shape index (κ1) is 9.78. The molecule has 0 bridgehead atoms. The molecule has 0 aromatic carbocycles. The monoisotopic (exact) mass is 178 g/mol. The maximum Gasteiger partial charge on any atom is 0.133 e. The minimum atomic E-state index is 0.203. The van der Waals surface area contributed by atoms with E-state index in [1.165, 1.54) is 0 Å². The van der Waals surface area contributed by atoms with E-state index in [0.29, 0.717) is 6.42 Å². The van der Waals surface area contributed by atoms with E-state index in [1.54, 1.807) is 14.0 Å². The predicted octanol–water partition coefficient (Wildman–Crippen LogP) is 2.38. The summed E-state index contributed by atoms with van der Waals surface area (Å²) in [6.45, 7) is 1.61. The molecule has 0 saturated carbocycles. The molecular weight excluding hydrogens is 164 g/mol. The van der Waals surface area contributed by atoms with Crippen molar-refractivity contribution >= 4 is 5.78 Å². The molecule has 0 saturated heterocycles. The standard InChI is InChI=1S/C11H14O2/c1-9(12)8-10-4-3-5-11(13-2)7-6-10/h3,5-7H,4,8H2,1-2H3. The summed E-state index contributed by atoms with van der Waals surface area (Å²) in [5.74, 6) is 1.03. The average Bonchev–Trinajstić information content (AvgIpc) is 2.29. The fourth-order valence-electron chi connectivity index (χ4n) is 1.24. The third-order valence-corrected chi connectivity index (χ3v) is 1.86. The van der Waals surface area contributed by atoms with Crippen LogP contribution in [0.4, 0.5) is 0 Å². The van der Waals surface area contributed by atoms with Crippen LogP contribution in [0.25, 0.3) is 0 Å². The highest BCUT2D eigenvalue weighted by Crippen LogP contribution is 2.14. The van der Waals surface area contributed by atoms with Crippen molar-refractivity contribution in [2.75, 3.05) is 7.11 Å². The van der Waals surface area contributed by atoms with Crippen LogP contribution in [-0.4, -0.2) is 12.9 Å². The van der Waals surface area contributed by atoms with Gasteiger partial charge >= 0.3 is 0 Å². The maximum atomic E-state index is 10.9. The Kier molecular flexibility index (Phi) is 3.50. The number of ketones is 1. The van der Waals surface area contributed by atoms with Gasteiger partial charge in [0.05, 0.1) is 7.11 Å². The van der Waals surface area contributed by atoms with Crippen LogP contribution in [0.1, 0.15) is 19.8 Å². The zero-order valence-electron chi connectivity index (χ0n) is 8.04. The first-order valence-corrected chi connectivity index (χ1v) is 4.32. The largest absolute Gasteiger partial charge is 0.497 e. The highest BCUT2D eigenvalue weighted by Gasteiger charge is 2.01. The molecule has 70 valence electrons. The number of hydrogen-bond donors (Lipinski definition) is 0. The van der Waals surface area contributed by atoms with Crippen molar-refractivity contribution in [3.8, 4) is 0 Å². The summed E-state index contributed by atoms with van der Waals surface area (Å²) in [6, 6.07) is 0. The molecule has 0 amide bonds. The molecule has 1 aliphatic rings. The van der Waals surface area contributed by atoms with Crippen molar-refractivity contribution < 1.29 is 9.53 Å². The number of carbonyl (C=O) groups excluding carboxylic acids is 1. The fourth-order valence-corrected chi connectivity index (χ4v) is 1.24. The van der Waals surface area contributed by atoms with Crippen molar-refractivity contribution in [1.82, 2.24) is 0 Å². The van der Waals surface area contributed by atoms with Gasteiger partial charge in [-0.2, -0.15) is 0 Å². The second-order valence-electron chi connectivity index (χ2n) is 3.08. The van der Waals surface area contributed by atoms with Crippen LogP contribution in [0, 0.1) is 0 Å². The summed E-state index contributed by atoms with van der Waals surface area (Å²) in [6.07, 6.45) is 9.16. The molecule has 2 nitrogen and oxygen atoms in total. The normalized spacial score (nSPS) is 15.8. The second kappa shape index (κ2) is 4.65. The summed E-state index contributed by atoms with van der Waals surface area (Å²) in [7, 11) is 1.64. The minimum Gasteiger partial charge on any atom is -0.497 e. The molecule has 0 N–H and O–H groups in total. The summed E-state index contributed by atoms with van der Waals surface area (Å²) in [5, 5.41) is 0. The van der Waals surface area contributed by atoms with Crippen LogP contribution < -0.4 is 0 Å². The van der Waals surface area contributed by atoms with Crippen LogP contribution in [0.2, 0.25) is 0 Å². The molecule has 13 heavy (non-hydrogen) atoms. The number of rotatable bonds is 3.